The van der Waals surface area contributed by atoms with Gasteiger partial charge in [-0.05, 0) is 18.4 Å². The van der Waals surface area contributed by atoms with Gasteiger partial charge in [0.15, 0.2) is 5.82 Å². The summed E-state index contributed by atoms with van der Waals surface area (Å²) in [6, 6.07) is 2.13. The smallest absolute Gasteiger partial charge is 0.323 e. The highest BCUT2D eigenvalue weighted by Crippen LogP contribution is 2.23. The van der Waals surface area contributed by atoms with Crippen molar-refractivity contribution in [1.82, 2.24) is 10.2 Å². The molecule has 1 N–H and O–H groups in total. The van der Waals surface area contributed by atoms with E-state index in [0.29, 0.717) is 30.8 Å². The Labute approximate surface area is 118 Å². The van der Waals surface area contributed by atoms with Gasteiger partial charge in [-0.1, -0.05) is 19.9 Å². The quantitative estimate of drug-likeness (QED) is 0.759. The Morgan fingerprint density at radius 3 is 2.60 bits per heavy atom. The van der Waals surface area contributed by atoms with E-state index in [1.165, 1.54) is 4.90 Å². The minimum absolute atomic E-state index is 0.246. The molecule has 0 aliphatic carbocycles. The number of nitriles is 1. The van der Waals surface area contributed by atoms with Crippen molar-refractivity contribution in [3.63, 3.8) is 0 Å². The molecular formula is C14H18N4O2. The second-order valence-corrected chi connectivity index (χ2v) is 4.21. The lowest BCUT2D eigenvalue weighted by Crippen LogP contribution is -2.32. The Balaban J connectivity index is 3.38. The molecule has 1 aromatic heterocycles. The number of carboxylic acid groups (broad SMARTS) is 1. The van der Waals surface area contributed by atoms with Gasteiger partial charge in [0, 0.05) is 6.54 Å². The highest BCUT2D eigenvalue weighted by Gasteiger charge is 2.20. The predicted octanol–water partition coefficient (Wildman–Crippen LogP) is 1.55. The molecule has 0 bridgehead atoms. The number of aryl methyl sites for hydroxylation is 1. The molecule has 0 atom stereocenters. The molecule has 6 nitrogen and oxygen atoms in total. The molecule has 20 heavy (non-hydrogen) atoms. The molecule has 0 aliphatic heterocycles. The fourth-order valence-corrected chi connectivity index (χ4v) is 2.05. The molecule has 0 aliphatic rings. The van der Waals surface area contributed by atoms with Crippen LogP contribution in [-0.4, -0.2) is 34.4 Å². The molecule has 0 radical (unpaired) electrons. The molecule has 1 aromatic rings. The molecule has 1 heterocycles. The van der Waals surface area contributed by atoms with Crippen molar-refractivity contribution in [1.29, 1.82) is 5.26 Å². The van der Waals surface area contributed by atoms with E-state index in [-0.39, 0.29) is 6.54 Å². The standard InChI is InChI=1S/C14H18N4O2/c1-4-7-18(9-13(19)20)14-11(8-15)10(5-2)12(6-3)16-17-14/h4H,1,5-7,9H2,2-3H3,(H,19,20). The van der Waals surface area contributed by atoms with Crippen molar-refractivity contribution >= 4 is 11.8 Å². The van der Waals surface area contributed by atoms with Gasteiger partial charge in [0.2, 0.25) is 0 Å². The summed E-state index contributed by atoms with van der Waals surface area (Å²) in [7, 11) is 0. The van der Waals surface area contributed by atoms with Gasteiger partial charge in [0.05, 0.1) is 5.69 Å². The highest BCUT2D eigenvalue weighted by atomic mass is 16.4. The molecule has 0 amide bonds. The SMILES string of the molecule is C=CCN(CC(=O)O)c1nnc(CC)c(CC)c1C#N. The van der Waals surface area contributed by atoms with Gasteiger partial charge in [-0.25, -0.2) is 0 Å². The fourth-order valence-electron chi connectivity index (χ4n) is 2.05. The number of carbonyl (C=O) groups is 1. The van der Waals surface area contributed by atoms with Crippen LogP contribution in [-0.2, 0) is 17.6 Å². The van der Waals surface area contributed by atoms with Gasteiger partial charge < -0.3 is 10.0 Å². The minimum atomic E-state index is -0.991. The zero-order valence-corrected chi connectivity index (χ0v) is 11.8. The molecule has 0 aromatic carbocycles. The van der Waals surface area contributed by atoms with Crippen LogP contribution in [0.4, 0.5) is 5.82 Å². The topological polar surface area (TPSA) is 90.1 Å². The predicted molar refractivity (Wildman–Crippen MR) is 75.5 cm³/mol. The maximum absolute atomic E-state index is 10.9. The van der Waals surface area contributed by atoms with Gasteiger partial charge in [-0.15, -0.1) is 11.7 Å². The minimum Gasteiger partial charge on any atom is -0.480 e. The van der Waals surface area contributed by atoms with Crippen LogP contribution >= 0.6 is 0 Å². The monoisotopic (exact) mass is 274 g/mol. The molecule has 0 spiro atoms. The molecule has 1 rings (SSSR count). The first kappa shape index (κ1) is 15.6. The molecule has 0 saturated heterocycles. The van der Waals surface area contributed by atoms with Crippen molar-refractivity contribution < 1.29 is 9.90 Å². The van der Waals surface area contributed by atoms with Gasteiger partial charge in [-0.2, -0.15) is 10.4 Å². The van der Waals surface area contributed by atoms with Gasteiger partial charge >= 0.3 is 5.97 Å². The highest BCUT2D eigenvalue weighted by molar-refractivity contribution is 5.74. The second kappa shape index (κ2) is 7.24. The van der Waals surface area contributed by atoms with E-state index in [0.717, 1.165) is 11.3 Å². The van der Waals surface area contributed by atoms with Gasteiger partial charge in [0.1, 0.15) is 18.2 Å². The zero-order valence-electron chi connectivity index (χ0n) is 11.8. The van der Waals surface area contributed by atoms with Crippen molar-refractivity contribution in [2.75, 3.05) is 18.0 Å². The van der Waals surface area contributed by atoms with Crippen molar-refractivity contribution in [2.24, 2.45) is 0 Å². The lowest BCUT2D eigenvalue weighted by molar-refractivity contribution is -0.135. The summed E-state index contributed by atoms with van der Waals surface area (Å²) in [5, 5.41) is 26.5. The first-order valence-electron chi connectivity index (χ1n) is 6.45. The Morgan fingerprint density at radius 1 is 1.45 bits per heavy atom. The van der Waals surface area contributed by atoms with Crippen LogP contribution in [0.3, 0.4) is 0 Å². The summed E-state index contributed by atoms with van der Waals surface area (Å²) in [5.74, 6) is -0.681. The largest absolute Gasteiger partial charge is 0.480 e. The molecule has 6 heteroatoms. The number of hydrogen-bond acceptors (Lipinski definition) is 5. The molecule has 0 unspecified atom stereocenters. The van der Waals surface area contributed by atoms with Crippen LogP contribution in [0.5, 0.6) is 0 Å². The number of hydrogen-bond donors (Lipinski definition) is 1. The van der Waals surface area contributed by atoms with E-state index in [1.54, 1.807) is 6.08 Å². The second-order valence-electron chi connectivity index (χ2n) is 4.21. The third kappa shape index (κ3) is 3.32. The van der Waals surface area contributed by atoms with Gasteiger partial charge in [0.25, 0.3) is 0 Å². The first-order chi connectivity index (χ1) is 9.58. The van der Waals surface area contributed by atoms with Crippen LogP contribution in [0.15, 0.2) is 12.7 Å². The molecule has 106 valence electrons. The third-order valence-corrected chi connectivity index (χ3v) is 2.91. The molecule has 0 saturated carbocycles. The summed E-state index contributed by atoms with van der Waals surface area (Å²) in [6.07, 6.45) is 2.92. The Kier molecular flexibility index (Phi) is 5.66. The van der Waals surface area contributed by atoms with Crippen molar-refractivity contribution in [2.45, 2.75) is 26.7 Å². The maximum Gasteiger partial charge on any atom is 0.323 e. The van der Waals surface area contributed by atoms with E-state index in [2.05, 4.69) is 22.8 Å². The summed E-state index contributed by atoms with van der Waals surface area (Å²) < 4.78 is 0. The van der Waals surface area contributed by atoms with E-state index >= 15 is 0 Å². The van der Waals surface area contributed by atoms with Crippen molar-refractivity contribution in [3.8, 4) is 6.07 Å². The lowest BCUT2D eigenvalue weighted by Gasteiger charge is -2.22. The number of carboxylic acids is 1. The normalized spacial score (nSPS) is 9.85. The summed E-state index contributed by atoms with van der Waals surface area (Å²) in [6.45, 7) is 7.54. The number of aliphatic carboxylic acids is 1. The molecule has 0 fully saturated rings. The lowest BCUT2D eigenvalue weighted by atomic mass is 10.0. The van der Waals surface area contributed by atoms with Crippen LogP contribution in [0, 0.1) is 11.3 Å². The van der Waals surface area contributed by atoms with Crippen LogP contribution in [0.1, 0.15) is 30.7 Å². The fraction of sp³-hybridized carbons (Fsp3) is 0.429. The third-order valence-electron chi connectivity index (χ3n) is 2.91. The van der Waals surface area contributed by atoms with Crippen LogP contribution in [0.2, 0.25) is 0 Å². The summed E-state index contributed by atoms with van der Waals surface area (Å²) in [5.41, 5.74) is 2.02. The summed E-state index contributed by atoms with van der Waals surface area (Å²) >= 11 is 0. The Bertz CT molecular complexity index is 549. The van der Waals surface area contributed by atoms with Gasteiger partial charge in [-0.3, -0.25) is 4.79 Å². The summed E-state index contributed by atoms with van der Waals surface area (Å²) in [4.78, 5) is 12.4. The van der Waals surface area contributed by atoms with E-state index in [9.17, 15) is 10.1 Å². The average molecular weight is 274 g/mol. The van der Waals surface area contributed by atoms with E-state index in [4.69, 9.17) is 5.11 Å². The van der Waals surface area contributed by atoms with Crippen LogP contribution in [0.25, 0.3) is 0 Å². The Hall–Kier alpha value is -2.42. The average Bonchev–Trinajstić information content (AvgIpc) is 2.44. The Morgan fingerprint density at radius 2 is 2.15 bits per heavy atom. The van der Waals surface area contributed by atoms with E-state index < -0.39 is 5.97 Å². The number of aromatic nitrogens is 2. The van der Waals surface area contributed by atoms with Crippen molar-refractivity contribution in [3.05, 3.63) is 29.5 Å². The number of nitrogens with zero attached hydrogens (tertiary/aromatic N) is 4. The van der Waals surface area contributed by atoms with E-state index in [1.807, 2.05) is 13.8 Å². The molecular weight excluding hydrogens is 256 g/mol. The zero-order chi connectivity index (χ0) is 15.1. The number of rotatable bonds is 7. The maximum atomic E-state index is 10.9. The number of anilines is 1. The van der Waals surface area contributed by atoms with Crippen LogP contribution < -0.4 is 4.90 Å². The first-order valence-corrected chi connectivity index (χ1v) is 6.45.